The van der Waals surface area contributed by atoms with Crippen LogP contribution in [0.1, 0.15) is 0 Å². The minimum atomic E-state index is -0.335. The minimum absolute atomic E-state index is 0.335. The Morgan fingerprint density at radius 2 is 2.27 bits per heavy atom. The molecule has 11 heavy (non-hydrogen) atoms. The van der Waals surface area contributed by atoms with Gasteiger partial charge in [-0.1, -0.05) is 6.58 Å². The number of ether oxygens (including phenoxy) is 2. The van der Waals surface area contributed by atoms with E-state index >= 15 is 0 Å². The molecule has 0 aromatic rings. The van der Waals surface area contributed by atoms with Gasteiger partial charge in [-0.25, -0.2) is 0 Å². The van der Waals surface area contributed by atoms with E-state index < -0.39 is 0 Å². The highest BCUT2D eigenvalue weighted by Gasteiger charge is 1.95. The van der Waals surface area contributed by atoms with E-state index in [0.717, 1.165) is 0 Å². The summed E-state index contributed by atoms with van der Waals surface area (Å²) in [6.45, 7) is 8.02. The average Bonchev–Trinajstić information content (AvgIpc) is 2.04. The van der Waals surface area contributed by atoms with Crippen molar-refractivity contribution in [2.45, 2.75) is 6.17 Å². The molecular weight excluding hydrogens is 144 g/mol. The van der Waals surface area contributed by atoms with Gasteiger partial charge in [-0.2, -0.15) is 0 Å². The smallest absolute Gasteiger partial charge is 0.120 e. The van der Waals surface area contributed by atoms with Gasteiger partial charge in [0.05, 0.1) is 19.5 Å². The molecule has 0 bridgehead atoms. The molecule has 0 spiro atoms. The van der Waals surface area contributed by atoms with Crippen LogP contribution >= 0.6 is 0 Å². The molecule has 0 aliphatic heterocycles. The summed E-state index contributed by atoms with van der Waals surface area (Å²) in [6, 6.07) is 0. The Balaban J connectivity index is 3.01. The fourth-order valence-corrected chi connectivity index (χ4v) is 0.447. The molecule has 0 rings (SSSR count). The Hall–Kier alpha value is -0.870. The molecule has 4 heteroatoms. The highest BCUT2D eigenvalue weighted by atomic mass is 16.5. The van der Waals surface area contributed by atoms with Crippen molar-refractivity contribution in [3.63, 3.8) is 0 Å². The molecule has 0 fully saturated rings. The van der Waals surface area contributed by atoms with Crippen LogP contribution in [-0.4, -0.2) is 32.7 Å². The van der Waals surface area contributed by atoms with Crippen molar-refractivity contribution in [2.24, 2.45) is 10.7 Å². The summed E-state index contributed by atoms with van der Waals surface area (Å²) >= 11 is 0. The number of hydrogen-bond donors (Lipinski definition) is 1. The molecule has 1 atom stereocenters. The second-order valence-electron chi connectivity index (χ2n) is 1.86. The summed E-state index contributed by atoms with van der Waals surface area (Å²) in [5, 5.41) is 0. The third-order valence-corrected chi connectivity index (χ3v) is 0.986. The summed E-state index contributed by atoms with van der Waals surface area (Å²) in [7, 11) is 0. The summed E-state index contributed by atoms with van der Waals surface area (Å²) in [4.78, 5) is 3.55. The normalized spacial score (nSPS) is 12.1. The van der Waals surface area contributed by atoms with Crippen molar-refractivity contribution >= 4 is 6.72 Å². The second kappa shape index (κ2) is 7.24. The molecule has 2 N–H and O–H groups in total. The molecule has 0 radical (unpaired) electrons. The number of hydrogen-bond acceptors (Lipinski definition) is 4. The first-order valence-corrected chi connectivity index (χ1v) is 3.33. The predicted octanol–water partition coefficient (Wildman–Crippen LogP) is 0.148. The van der Waals surface area contributed by atoms with Crippen LogP contribution in [0.15, 0.2) is 17.8 Å². The lowest BCUT2D eigenvalue weighted by atomic mass is 10.6. The van der Waals surface area contributed by atoms with E-state index in [9.17, 15) is 0 Å². The van der Waals surface area contributed by atoms with Gasteiger partial charge >= 0.3 is 0 Å². The minimum Gasteiger partial charge on any atom is -0.499 e. The summed E-state index contributed by atoms with van der Waals surface area (Å²) in [6.07, 6.45) is 1.04. The standard InChI is InChI=1S/C7H14N2O2/c1-3-10-4-5-11-6-7(8)9-2/h3,7H,1-2,4-6,8H2. The lowest BCUT2D eigenvalue weighted by Gasteiger charge is -2.06. The lowest BCUT2D eigenvalue weighted by Crippen LogP contribution is -2.24. The highest BCUT2D eigenvalue weighted by molar-refractivity contribution is 5.23. The molecule has 0 aliphatic rings. The monoisotopic (exact) mass is 158 g/mol. The van der Waals surface area contributed by atoms with Crippen molar-refractivity contribution in [1.29, 1.82) is 0 Å². The van der Waals surface area contributed by atoms with E-state index in [1.165, 1.54) is 6.26 Å². The van der Waals surface area contributed by atoms with Crippen LogP contribution in [-0.2, 0) is 9.47 Å². The van der Waals surface area contributed by atoms with Crippen molar-refractivity contribution in [2.75, 3.05) is 19.8 Å². The molecule has 0 saturated heterocycles. The largest absolute Gasteiger partial charge is 0.499 e. The Labute approximate surface area is 66.7 Å². The van der Waals surface area contributed by atoms with Gasteiger partial charge in [-0.15, -0.1) is 0 Å². The molecular formula is C7H14N2O2. The van der Waals surface area contributed by atoms with Gasteiger partial charge in [0.1, 0.15) is 12.8 Å². The fourth-order valence-electron chi connectivity index (χ4n) is 0.447. The van der Waals surface area contributed by atoms with E-state index in [1.54, 1.807) is 0 Å². The van der Waals surface area contributed by atoms with Gasteiger partial charge in [-0.3, -0.25) is 4.99 Å². The maximum Gasteiger partial charge on any atom is 0.120 e. The maximum absolute atomic E-state index is 5.37. The predicted molar refractivity (Wildman–Crippen MR) is 44.5 cm³/mol. The summed E-state index contributed by atoms with van der Waals surface area (Å²) < 4.78 is 9.86. The third kappa shape index (κ3) is 7.02. The zero-order valence-corrected chi connectivity index (χ0v) is 6.53. The van der Waals surface area contributed by atoms with Crippen LogP contribution in [0.4, 0.5) is 0 Å². The van der Waals surface area contributed by atoms with Crippen molar-refractivity contribution in [3.05, 3.63) is 12.8 Å². The topological polar surface area (TPSA) is 56.8 Å². The van der Waals surface area contributed by atoms with Crippen LogP contribution in [0.3, 0.4) is 0 Å². The Morgan fingerprint density at radius 1 is 1.55 bits per heavy atom. The lowest BCUT2D eigenvalue weighted by molar-refractivity contribution is 0.0781. The Bertz CT molecular complexity index is 117. The Morgan fingerprint density at radius 3 is 2.82 bits per heavy atom. The molecule has 0 aromatic heterocycles. The zero-order valence-electron chi connectivity index (χ0n) is 6.53. The van der Waals surface area contributed by atoms with E-state index in [0.29, 0.717) is 19.8 Å². The summed E-state index contributed by atoms with van der Waals surface area (Å²) in [5.41, 5.74) is 5.37. The molecule has 1 unspecified atom stereocenters. The van der Waals surface area contributed by atoms with Crippen LogP contribution in [0.25, 0.3) is 0 Å². The first kappa shape index (κ1) is 10.1. The van der Waals surface area contributed by atoms with E-state index in [-0.39, 0.29) is 6.17 Å². The molecule has 0 amide bonds. The fraction of sp³-hybridized carbons (Fsp3) is 0.571. The van der Waals surface area contributed by atoms with Crippen LogP contribution in [0, 0.1) is 0 Å². The van der Waals surface area contributed by atoms with Gasteiger partial charge < -0.3 is 15.2 Å². The van der Waals surface area contributed by atoms with E-state index in [2.05, 4.69) is 18.3 Å². The van der Waals surface area contributed by atoms with E-state index in [1.807, 2.05) is 0 Å². The first-order chi connectivity index (χ1) is 5.31. The average molecular weight is 158 g/mol. The van der Waals surface area contributed by atoms with Crippen LogP contribution in [0.5, 0.6) is 0 Å². The molecule has 64 valence electrons. The Kier molecular flexibility index (Phi) is 6.67. The van der Waals surface area contributed by atoms with Gasteiger partial charge in [0, 0.05) is 0 Å². The zero-order chi connectivity index (χ0) is 8.53. The molecule has 0 heterocycles. The maximum atomic E-state index is 5.37. The molecule has 0 aliphatic carbocycles. The van der Waals surface area contributed by atoms with Gasteiger partial charge in [0.2, 0.25) is 0 Å². The van der Waals surface area contributed by atoms with Crippen molar-refractivity contribution in [3.8, 4) is 0 Å². The first-order valence-electron chi connectivity index (χ1n) is 3.33. The number of aliphatic imine (C=N–C) groups is 1. The van der Waals surface area contributed by atoms with Gasteiger partial charge in [0.25, 0.3) is 0 Å². The van der Waals surface area contributed by atoms with E-state index in [4.69, 9.17) is 15.2 Å². The van der Waals surface area contributed by atoms with Crippen LogP contribution in [0.2, 0.25) is 0 Å². The number of nitrogens with zero attached hydrogens (tertiary/aromatic N) is 1. The van der Waals surface area contributed by atoms with Crippen molar-refractivity contribution in [1.82, 2.24) is 0 Å². The quantitative estimate of drug-likeness (QED) is 0.326. The number of rotatable bonds is 7. The molecule has 4 nitrogen and oxygen atoms in total. The van der Waals surface area contributed by atoms with Crippen LogP contribution < -0.4 is 5.73 Å². The van der Waals surface area contributed by atoms with Gasteiger partial charge in [-0.05, 0) is 6.72 Å². The molecule has 0 saturated carbocycles. The SMILES string of the molecule is C=COCCOCC(N)N=C. The third-order valence-electron chi connectivity index (χ3n) is 0.986. The molecule has 0 aromatic carbocycles. The van der Waals surface area contributed by atoms with Crippen molar-refractivity contribution < 1.29 is 9.47 Å². The van der Waals surface area contributed by atoms with Gasteiger partial charge in [0.15, 0.2) is 0 Å². The highest BCUT2D eigenvalue weighted by Crippen LogP contribution is 1.83. The second-order valence-corrected chi connectivity index (χ2v) is 1.86. The summed E-state index contributed by atoms with van der Waals surface area (Å²) in [5.74, 6) is 0. The number of nitrogens with two attached hydrogens (primary N) is 1.